The molecule has 0 radical (unpaired) electrons. The van der Waals surface area contributed by atoms with Crippen LogP contribution < -0.4 is 4.74 Å². The van der Waals surface area contributed by atoms with Gasteiger partial charge >= 0.3 is 0 Å². The second kappa shape index (κ2) is 14.3. The van der Waals surface area contributed by atoms with Crippen molar-refractivity contribution in [3.63, 3.8) is 0 Å². The summed E-state index contributed by atoms with van der Waals surface area (Å²) < 4.78 is 5.87. The van der Waals surface area contributed by atoms with Crippen LogP contribution in [0.1, 0.15) is 119 Å². The third-order valence-electron chi connectivity index (χ3n) is 8.61. The molecule has 2 aliphatic carbocycles. The van der Waals surface area contributed by atoms with Crippen molar-refractivity contribution in [1.29, 1.82) is 0 Å². The lowest BCUT2D eigenvalue weighted by Gasteiger charge is -2.28. The van der Waals surface area contributed by atoms with Gasteiger partial charge in [0.15, 0.2) is 0 Å². The van der Waals surface area contributed by atoms with Crippen LogP contribution in [0.25, 0.3) is 0 Å². The lowest BCUT2D eigenvalue weighted by Crippen LogP contribution is -2.12. The van der Waals surface area contributed by atoms with Crippen LogP contribution in [-0.2, 0) is 0 Å². The van der Waals surface area contributed by atoms with Crippen molar-refractivity contribution in [2.45, 2.75) is 103 Å². The normalized spacial score (nSPS) is 24.3. The number of unbranched alkanes of at least 4 members (excludes halogenated alkanes) is 2. The molecule has 0 spiro atoms. The van der Waals surface area contributed by atoms with Crippen LogP contribution in [0.15, 0.2) is 60.7 Å². The average Bonchev–Trinajstić information content (AvgIpc) is 2.95. The SMILES string of the molecule is CCCCCOc1ccc(C2CCC(C=CC#Cc3ccc(C4CCC(CC)CC4)cc3)CC2)cc1. The van der Waals surface area contributed by atoms with Crippen molar-refractivity contribution in [1.82, 2.24) is 0 Å². The monoisotopic (exact) mass is 482 g/mol. The lowest BCUT2D eigenvalue weighted by atomic mass is 9.78. The minimum Gasteiger partial charge on any atom is -0.494 e. The summed E-state index contributed by atoms with van der Waals surface area (Å²) in [6, 6.07) is 17.9. The highest BCUT2D eigenvalue weighted by atomic mass is 16.5. The number of hydrogen-bond donors (Lipinski definition) is 0. The molecule has 2 saturated carbocycles. The Hall–Kier alpha value is -2.46. The van der Waals surface area contributed by atoms with Gasteiger partial charge in [-0.25, -0.2) is 0 Å². The van der Waals surface area contributed by atoms with Crippen molar-refractivity contribution >= 4 is 0 Å². The van der Waals surface area contributed by atoms with Gasteiger partial charge in [-0.2, -0.15) is 0 Å². The molecule has 0 atom stereocenters. The van der Waals surface area contributed by atoms with E-state index in [2.05, 4.69) is 86.4 Å². The third-order valence-corrected chi connectivity index (χ3v) is 8.61. The predicted molar refractivity (Wildman–Crippen MR) is 154 cm³/mol. The molecule has 0 N–H and O–H groups in total. The Morgan fingerprint density at radius 1 is 0.750 bits per heavy atom. The Bertz CT molecular complexity index is 972. The van der Waals surface area contributed by atoms with E-state index in [1.807, 2.05) is 0 Å². The predicted octanol–water partition coefficient (Wildman–Crippen LogP) is 9.82. The highest BCUT2D eigenvalue weighted by molar-refractivity contribution is 5.39. The minimum absolute atomic E-state index is 0.664. The van der Waals surface area contributed by atoms with Crippen LogP contribution in [0.2, 0.25) is 0 Å². The highest BCUT2D eigenvalue weighted by Gasteiger charge is 2.22. The molecule has 1 heteroatoms. The summed E-state index contributed by atoms with van der Waals surface area (Å²) in [6.45, 7) is 5.40. The van der Waals surface area contributed by atoms with Gasteiger partial charge in [0.25, 0.3) is 0 Å². The molecule has 0 heterocycles. The number of ether oxygens (including phenoxy) is 1. The summed E-state index contributed by atoms with van der Waals surface area (Å²) in [7, 11) is 0. The zero-order valence-electron chi connectivity index (χ0n) is 22.7. The molecule has 0 unspecified atom stereocenters. The topological polar surface area (TPSA) is 9.23 Å². The summed E-state index contributed by atoms with van der Waals surface area (Å²) in [5.41, 5.74) is 4.11. The van der Waals surface area contributed by atoms with E-state index in [1.54, 1.807) is 0 Å². The first-order valence-electron chi connectivity index (χ1n) is 14.8. The first kappa shape index (κ1) is 26.6. The van der Waals surface area contributed by atoms with E-state index in [-0.39, 0.29) is 0 Å². The van der Waals surface area contributed by atoms with E-state index in [4.69, 9.17) is 4.74 Å². The Balaban J connectivity index is 1.18. The van der Waals surface area contributed by atoms with E-state index in [1.165, 1.54) is 81.8 Å². The molecule has 2 aliphatic rings. The molecule has 2 aromatic carbocycles. The number of allylic oxidation sites excluding steroid dienone is 2. The molecule has 2 fully saturated rings. The zero-order valence-corrected chi connectivity index (χ0v) is 22.7. The molecule has 1 nitrogen and oxygen atoms in total. The molecule has 2 aromatic rings. The molecular formula is C35H46O. The molecule has 4 rings (SSSR count). The Labute approximate surface area is 220 Å². The minimum atomic E-state index is 0.664. The second-order valence-electron chi connectivity index (χ2n) is 11.1. The average molecular weight is 483 g/mol. The van der Waals surface area contributed by atoms with E-state index in [9.17, 15) is 0 Å². The van der Waals surface area contributed by atoms with Crippen LogP contribution in [0.3, 0.4) is 0 Å². The van der Waals surface area contributed by atoms with E-state index in [0.29, 0.717) is 11.8 Å². The smallest absolute Gasteiger partial charge is 0.119 e. The summed E-state index contributed by atoms with van der Waals surface area (Å²) in [5.74, 6) is 10.7. The molecular weight excluding hydrogens is 436 g/mol. The molecule has 0 aliphatic heterocycles. The van der Waals surface area contributed by atoms with E-state index in [0.717, 1.165) is 36.2 Å². The van der Waals surface area contributed by atoms with Gasteiger partial charge in [-0.1, -0.05) is 75.3 Å². The maximum atomic E-state index is 5.87. The van der Waals surface area contributed by atoms with Crippen LogP contribution in [-0.4, -0.2) is 6.61 Å². The quantitative estimate of drug-likeness (QED) is 0.255. The number of benzene rings is 2. The first-order chi connectivity index (χ1) is 17.7. The summed E-state index contributed by atoms with van der Waals surface area (Å²) >= 11 is 0. The van der Waals surface area contributed by atoms with Crippen LogP contribution >= 0.6 is 0 Å². The summed E-state index contributed by atoms with van der Waals surface area (Å²) in [6.07, 6.45) is 20.0. The van der Waals surface area contributed by atoms with E-state index < -0.39 is 0 Å². The second-order valence-corrected chi connectivity index (χ2v) is 11.1. The fourth-order valence-corrected chi connectivity index (χ4v) is 6.08. The third kappa shape index (κ3) is 8.03. The van der Waals surface area contributed by atoms with Gasteiger partial charge in [0.05, 0.1) is 6.61 Å². The number of hydrogen-bond acceptors (Lipinski definition) is 1. The molecule has 0 amide bonds. The maximum absolute atomic E-state index is 5.87. The zero-order chi connectivity index (χ0) is 25.0. The summed E-state index contributed by atoms with van der Waals surface area (Å²) in [5, 5.41) is 0. The van der Waals surface area contributed by atoms with Gasteiger partial charge < -0.3 is 4.74 Å². The molecule has 192 valence electrons. The van der Waals surface area contributed by atoms with Crippen LogP contribution in [0, 0.1) is 23.7 Å². The standard InChI is InChI=1S/C35H46O/c1-3-5-8-27-36-35-25-23-34(24-26-35)33-21-15-30(16-22-33)10-7-6-9-29-13-19-32(20-14-29)31-17-11-28(4-2)12-18-31/h7,10,13-14,19-20,23-26,28,30-31,33H,3-5,8,11-12,15-18,21-22,27H2,1-2H3. The van der Waals surface area contributed by atoms with Crippen molar-refractivity contribution in [2.75, 3.05) is 6.61 Å². The van der Waals surface area contributed by atoms with Crippen molar-refractivity contribution in [3.05, 3.63) is 77.4 Å². The van der Waals surface area contributed by atoms with Crippen LogP contribution in [0.4, 0.5) is 0 Å². The number of rotatable bonds is 9. The molecule has 0 bridgehead atoms. The largest absolute Gasteiger partial charge is 0.494 e. The Kier molecular flexibility index (Phi) is 10.6. The van der Waals surface area contributed by atoms with E-state index >= 15 is 0 Å². The summed E-state index contributed by atoms with van der Waals surface area (Å²) in [4.78, 5) is 0. The molecule has 0 aromatic heterocycles. The fraction of sp³-hybridized carbons (Fsp3) is 0.543. The van der Waals surface area contributed by atoms with Crippen molar-refractivity contribution < 1.29 is 4.74 Å². The van der Waals surface area contributed by atoms with Crippen molar-refractivity contribution in [2.24, 2.45) is 11.8 Å². The van der Waals surface area contributed by atoms with Crippen molar-refractivity contribution in [3.8, 4) is 17.6 Å². The Morgan fingerprint density at radius 3 is 1.97 bits per heavy atom. The molecule has 0 saturated heterocycles. The highest BCUT2D eigenvalue weighted by Crippen LogP contribution is 2.38. The van der Waals surface area contributed by atoms with Gasteiger partial charge in [-0.05, 0) is 123 Å². The van der Waals surface area contributed by atoms with Gasteiger partial charge in [-0.3, -0.25) is 0 Å². The molecule has 36 heavy (non-hydrogen) atoms. The lowest BCUT2D eigenvalue weighted by molar-refractivity contribution is 0.306. The fourth-order valence-electron chi connectivity index (χ4n) is 6.08. The van der Waals surface area contributed by atoms with Gasteiger partial charge in [-0.15, -0.1) is 0 Å². The van der Waals surface area contributed by atoms with Gasteiger partial charge in [0.1, 0.15) is 5.75 Å². The van der Waals surface area contributed by atoms with Gasteiger partial charge in [0, 0.05) is 5.56 Å². The van der Waals surface area contributed by atoms with Crippen LogP contribution in [0.5, 0.6) is 5.75 Å². The maximum Gasteiger partial charge on any atom is 0.119 e. The van der Waals surface area contributed by atoms with Gasteiger partial charge in [0.2, 0.25) is 0 Å². The Morgan fingerprint density at radius 2 is 1.36 bits per heavy atom. The first-order valence-corrected chi connectivity index (χ1v) is 14.8.